The number of nitrogens with zero attached hydrogens (tertiary/aromatic N) is 4. The smallest absolute Gasteiger partial charge is 0.257 e. The summed E-state index contributed by atoms with van der Waals surface area (Å²) in [7, 11) is -0.976. The van der Waals surface area contributed by atoms with Crippen molar-refractivity contribution in [1.29, 1.82) is 0 Å². The van der Waals surface area contributed by atoms with E-state index >= 15 is 4.39 Å². The predicted molar refractivity (Wildman–Crippen MR) is 128 cm³/mol. The first-order valence-corrected chi connectivity index (χ1v) is 12.4. The summed E-state index contributed by atoms with van der Waals surface area (Å²) in [5, 5.41) is 1.81. The fourth-order valence-corrected chi connectivity index (χ4v) is 6.82. The number of sulfonamides is 1. The molecule has 1 aliphatic carbocycles. The normalized spacial score (nSPS) is 23.0. The number of pyridine rings is 2. The number of halogens is 1. The third-order valence-electron chi connectivity index (χ3n) is 6.66. The van der Waals surface area contributed by atoms with Gasteiger partial charge in [0.05, 0.1) is 24.4 Å². The summed E-state index contributed by atoms with van der Waals surface area (Å²) in [4.78, 5) is 26.1. The Morgan fingerprint density at radius 2 is 2.09 bits per heavy atom. The third kappa shape index (κ3) is 3.55. The van der Waals surface area contributed by atoms with Gasteiger partial charge in [-0.25, -0.2) is 27.1 Å². The first kappa shape index (κ1) is 23.0. The zero-order chi connectivity index (χ0) is 25.0. The highest BCUT2D eigenvalue weighted by atomic mass is 32.2. The average Bonchev–Trinajstić information content (AvgIpc) is 3.28. The minimum Gasteiger partial charge on any atom is -0.495 e. The number of aromatic nitrogens is 2. The molecule has 3 heterocycles. The molecule has 3 aromatic rings. The van der Waals surface area contributed by atoms with Crippen molar-refractivity contribution in [2.45, 2.75) is 30.1 Å². The molecule has 0 spiro atoms. The van der Waals surface area contributed by atoms with E-state index in [1.54, 1.807) is 6.07 Å². The average molecular weight is 499 g/mol. The van der Waals surface area contributed by atoms with Gasteiger partial charge in [-0.15, -0.1) is 0 Å². The summed E-state index contributed by atoms with van der Waals surface area (Å²) < 4.78 is 47.4. The Kier molecular flexibility index (Phi) is 5.35. The Morgan fingerprint density at radius 1 is 1.29 bits per heavy atom. The van der Waals surface area contributed by atoms with Gasteiger partial charge in [0.15, 0.2) is 0 Å². The van der Waals surface area contributed by atoms with Crippen molar-refractivity contribution >= 4 is 38.6 Å². The van der Waals surface area contributed by atoms with Crippen LogP contribution in [0.25, 0.3) is 11.0 Å². The number of anilines is 1. The van der Waals surface area contributed by atoms with E-state index in [0.717, 1.165) is 4.31 Å². The number of fused-ring (bicyclic) bond motifs is 2. The highest BCUT2D eigenvalue weighted by Crippen LogP contribution is 2.49. The fraction of sp³-hybridized carbons (Fsp3) is 0.304. The topological polar surface area (TPSA) is 140 Å². The molecule has 35 heavy (non-hydrogen) atoms. The minimum absolute atomic E-state index is 0.0832. The summed E-state index contributed by atoms with van der Waals surface area (Å²) in [6.07, 6.45) is 4.16. The molecule has 0 radical (unpaired) electrons. The van der Waals surface area contributed by atoms with E-state index in [4.69, 9.17) is 10.5 Å². The molecule has 1 aliphatic heterocycles. The predicted octanol–water partition coefficient (Wildman–Crippen LogP) is 2.37. The first-order chi connectivity index (χ1) is 16.7. The second-order valence-electron chi connectivity index (χ2n) is 8.54. The standard InChI is InChI=1S/C23H23FN6O4S/c1-30-22(25)29-23(8-3-4-19(23)35(30,32)33)16-10-13(5-6-17(16)24)28-21(31)15-7-9-26-18-11-14(34-2)12-27-20(15)18/h5-7,9-12,19H,3-4,8H2,1-2H3,(H2,25,29)(H,28,31)/t19-,23-/m1/s1. The van der Waals surface area contributed by atoms with Crippen LogP contribution in [-0.4, -0.2) is 54.0 Å². The molecule has 12 heteroatoms. The number of methoxy groups -OCH3 is 1. The van der Waals surface area contributed by atoms with Gasteiger partial charge in [-0.1, -0.05) is 0 Å². The molecule has 3 N–H and O–H groups in total. The maximum Gasteiger partial charge on any atom is 0.257 e. The van der Waals surface area contributed by atoms with Crippen molar-refractivity contribution < 1.29 is 22.3 Å². The third-order valence-corrected chi connectivity index (χ3v) is 8.95. The van der Waals surface area contributed by atoms with Gasteiger partial charge in [0.25, 0.3) is 5.91 Å². The van der Waals surface area contributed by atoms with Crippen LogP contribution in [0.3, 0.4) is 0 Å². The number of ether oxygens (including phenoxy) is 1. The quantitative estimate of drug-likeness (QED) is 0.563. The summed E-state index contributed by atoms with van der Waals surface area (Å²) in [5.41, 5.74) is 6.07. The maximum atomic E-state index is 15.1. The molecule has 0 saturated heterocycles. The molecule has 0 bridgehead atoms. The number of nitrogens with two attached hydrogens (primary N) is 1. The van der Waals surface area contributed by atoms with E-state index in [1.807, 2.05) is 0 Å². The monoisotopic (exact) mass is 498 g/mol. The van der Waals surface area contributed by atoms with Crippen LogP contribution >= 0.6 is 0 Å². The molecule has 1 amide bonds. The Hall–Kier alpha value is -3.80. The minimum atomic E-state index is -3.82. The van der Waals surface area contributed by atoms with Crippen LogP contribution in [0.4, 0.5) is 10.1 Å². The molecular formula is C23H23FN6O4S. The largest absolute Gasteiger partial charge is 0.495 e. The number of hydrogen-bond acceptors (Lipinski definition) is 8. The van der Waals surface area contributed by atoms with Crippen molar-refractivity contribution in [2.24, 2.45) is 10.7 Å². The van der Waals surface area contributed by atoms with Crippen LogP contribution in [0.5, 0.6) is 5.75 Å². The van der Waals surface area contributed by atoms with Gasteiger partial charge >= 0.3 is 0 Å². The van der Waals surface area contributed by atoms with Gasteiger partial charge in [-0.2, -0.15) is 0 Å². The van der Waals surface area contributed by atoms with E-state index in [2.05, 4.69) is 20.3 Å². The summed E-state index contributed by atoms with van der Waals surface area (Å²) in [5.74, 6) is -0.785. The number of amides is 1. The first-order valence-electron chi connectivity index (χ1n) is 10.9. The number of aliphatic imine (C=N–C) groups is 1. The second-order valence-corrected chi connectivity index (χ2v) is 10.7. The lowest BCUT2D eigenvalue weighted by molar-refractivity contribution is 0.102. The highest BCUT2D eigenvalue weighted by molar-refractivity contribution is 7.90. The van der Waals surface area contributed by atoms with E-state index < -0.39 is 32.5 Å². The van der Waals surface area contributed by atoms with Crippen LogP contribution in [0.1, 0.15) is 35.2 Å². The van der Waals surface area contributed by atoms with Crippen LogP contribution < -0.4 is 15.8 Å². The van der Waals surface area contributed by atoms with Gasteiger partial charge in [0, 0.05) is 30.6 Å². The van der Waals surface area contributed by atoms with E-state index in [9.17, 15) is 13.2 Å². The van der Waals surface area contributed by atoms with Crippen LogP contribution in [0, 0.1) is 5.82 Å². The number of carbonyl (C=O) groups is 1. The lowest BCUT2D eigenvalue weighted by Crippen LogP contribution is -2.55. The summed E-state index contributed by atoms with van der Waals surface area (Å²) >= 11 is 0. The van der Waals surface area contributed by atoms with Crippen LogP contribution in [-0.2, 0) is 15.6 Å². The molecule has 2 aliphatic rings. The molecule has 2 atom stereocenters. The van der Waals surface area contributed by atoms with Crippen LogP contribution in [0.2, 0.25) is 0 Å². The Morgan fingerprint density at radius 3 is 2.86 bits per heavy atom. The zero-order valence-electron chi connectivity index (χ0n) is 19.0. The number of nitrogens with one attached hydrogen (secondary N) is 1. The van der Waals surface area contributed by atoms with Crippen molar-refractivity contribution in [3.63, 3.8) is 0 Å². The molecule has 0 unspecified atom stereocenters. The van der Waals surface area contributed by atoms with Crippen molar-refractivity contribution in [3.05, 3.63) is 59.7 Å². The lowest BCUT2D eigenvalue weighted by atomic mass is 9.87. The van der Waals surface area contributed by atoms with Crippen molar-refractivity contribution in [1.82, 2.24) is 14.3 Å². The van der Waals surface area contributed by atoms with Gasteiger partial charge in [-0.05, 0) is 43.5 Å². The van der Waals surface area contributed by atoms with Crippen molar-refractivity contribution in [2.75, 3.05) is 19.5 Å². The molecule has 2 aromatic heterocycles. The summed E-state index contributed by atoms with van der Waals surface area (Å²) in [6.45, 7) is 0. The van der Waals surface area contributed by atoms with E-state index in [-0.39, 0.29) is 22.8 Å². The number of rotatable bonds is 4. The molecule has 1 aromatic carbocycles. The van der Waals surface area contributed by atoms with Crippen molar-refractivity contribution in [3.8, 4) is 5.75 Å². The lowest BCUT2D eigenvalue weighted by Gasteiger charge is -2.39. The zero-order valence-corrected chi connectivity index (χ0v) is 19.8. The number of benzene rings is 1. The molecule has 5 rings (SSSR count). The molecule has 1 saturated carbocycles. The van der Waals surface area contributed by atoms with E-state index in [1.165, 1.54) is 50.8 Å². The Balaban J connectivity index is 1.54. The number of guanidine groups is 1. The SMILES string of the molecule is COc1cnc2c(C(=O)Nc3ccc(F)c([C@]45CCC[C@H]4S(=O)(=O)N(C)C(N)=N5)c3)ccnc2c1. The van der Waals surface area contributed by atoms with Gasteiger partial charge in [0.2, 0.25) is 16.0 Å². The van der Waals surface area contributed by atoms with Gasteiger partial charge < -0.3 is 15.8 Å². The molecule has 1 fully saturated rings. The second kappa shape index (κ2) is 8.15. The maximum absolute atomic E-state index is 15.1. The van der Waals surface area contributed by atoms with Gasteiger partial charge in [-0.3, -0.25) is 9.78 Å². The Bertz CT molecular complexity index is 1490. The summed E-state index contributed by atoms with van der Waals surface area (Å²) in [6, 6.07) is 7.23. The van der Waals surface area contributed by atoms with E-state index in [0.29, 0.717) is 36.0 Å². The number of hydrogen-bond donors (Lipinski definition) is 2. The number of carbonyl (C=O) groups excluding carboxylic acids is 1. The molecular weight excluding hydrogens is 475 g/mol. The molecule has 10 nitrogen and oxygen atoms in total. The fourth-order valence-electron chi connectivity index (χ4n) is 4.88. The van der Waals surface area contributed by atoms with Crippen LogP contribution in [0.15, 0.2) is 47.7 Å². The Labute approximate surface area is 201 Å². The highest BCUT2D eigenvalue weighted by Gasteiger charge is 2.56. The van der Waals surface area contributed by atoms with Gasteiger partial charge in [0.1, 0.15) is 27.9 Å². The molecule has 182 valence electrons.